The molecule has 1 rings (SSSR count). The van der Waals surface area contributed by atoms with Crippen LogP contribution in [0.25, 0.3) is 0 Å². The van der Waals surface area contributed by atoms with Crippen molar-refractivity contribution >= 4 is 5.78 Å². The van der Waals surface area contributed by atoms with Crippen LogP contribution in [0.4, 0.5) is 0 Å². The van der Waals surface area contributed by atoms with E-state index in [-0.39, 0.29) is 11.2 Å². The van der Waals surface area contributed by atoms with Gasteiger partial charge in [-0.15, -0.1) is 0 Å². The topological polar surface area (TPSA) is 54.0 Å². The molecule has 5 nitrogen and oxygen atoms in total. The first kappa shape index (κ1) is 19.8. The van der Waals surface area contributed by atoms with Gasteiger partial charge in [-0.25, -0.2) is 0 Å². The molecule has 0 saturated carbocycles. The predicted octanol–water partition coefficient (Wildman–Crippen LogP) is 2.82. The highest BCUT2D eigenvalue weighted by Gasteiger charge is 2.22. The number of hydrogen-bond donors (Lipinski definition) is 0. The van der Waals surface area contributed by atoms with E-state index in [1.807, 2.05) is 24.3 Å². The Hall–Kier alpha value is -1.27. The Kier molecular flexibility index (Phi) is 8.41. The van der Waals surface area contributed by atoms with E-state index in [1.165, 1.54) is 5.56 Å². The molecular formula is C18H28O5. The number of ketones is 1. The van der Waals surface area contributed by atoms with Crippen LogP contribution in [0.5, 0.6) is 0 Å². The number of benzene rings is 1. The normalized spacial score (nSPS) is 11.9. The van der Waals surface area contributed by atoms with Crippen LogP contribution in [0.1, 0.15) is 36.7 Å². The lowest BCUT2D eigenvalue weighted by molar-refractivity contribution is -0.128. The fraction of sp³-hybridized carbons (Fsp3) is 0.611. The molecule has 130 valence electrons. The van der Waals surface area contributed by atoms with Crippen molar-refractivity contribution in [2.24, 2.45) is 0 Å². The number of hydrogen-bond acceptors (Lipinski definition) is 5. The van der Waals surface area contributed by atoms with E-state index in [1.54, 1.807) is 14.2 Å². The monoisotopic (exact) mass is 324 g/mol. The summed E-state index contributed by atoms with van der Waals surface area (Å²) in [6.45, 7) is 7.79. The average Bonchev–Trinajstić information content (AvgIpc) is 2.52. The molecule has 0 amide bonds. The summed E-state index contributed by atoms with van der Waals surface area (Å²) in [6, 6.07) is 7.56. The van der Waals surface area contributed by atoms with Crippen LogP contribution < -0.4 is 0 Å². The molecule has 0 aromatic heterocycles. The maximum absolute atomic E-state index is 12.6. The molecule has 0 fully saturated rings. The van der Waals surface area contributed by atoms with Crippen LogP contribution in [0.15, 0.2) is 24.3 Å². The molecule has 0 bridgehead atoms. The number of carbonyl (C=O) groups is 1. The molecular weight excluding hydrogens is 296 g/mol. The van der Waals surface area contributed by atoms with E-state index in [4.69, 9.17) is 18.9 Å². The first-order valence-electron chi connectivity index (χ1n) is 7.76. The van der Waals surface area contributed by atoms with Gasteiger partial charge >= 0.3 is 0 Å². The third-order valence-corrected chi connectivity index (χ3v) is 3.36. The summed E-state index contributed by atoms with van der Waals surface area (Å²) in [5.41, 5.74) is 1.79. The lowest BCUT2D eigenvalue weighted by atomic mass is 9.86. The zero-order valence-electron chi connectivity index (χ0n) is 14.8. The molecule has 1 aromatic rings. The van der Waals surface area contributed by atoms with Crippen molar-refractivity contribution in [1.29, 1.82) is 0 Å². The van der Waals surface area contributed by atoms with Crippen molar-refractivity contribution in [1.82, 2.24) is 0 Å². The second kappa shape index (κ2) is 9.78. The summed E-state index contributed by atoms with van der Waals surface area (Å²) < 4.78 is 20.9. The number of methoxy groups -OCH3 is 2. The minimum atomic E-state index is -0.944. The Bertz CT molecular complexity index is 451. The van der Waals surface area contributed by atoms with Crippen LogP contribution in [0, 0.1) is 0 Å². The predicted molar refractivity (Wildman–Crippen MR) is 88.9 cm³/mol. The molecule has 0 unspecified atom stereocenters. The fourth-order valence-corrected chi connectivity index (χ4v) is 1.95. The highest BCUT2D eigenvalue weighted by Crippen LogP contribution is 2.22. The minimum Gasteiger partial charge on any atom is -0.382 e. The molecule has 5 heteroatoms. The molecule has 0 aliphatic carbocycles. The lowest BCUT2D eigenvalue weighted by Crippen LogP contribution is -2.30. The fourth-order valence-electron chi connectivity index (χ4n) is 1.95. The molecule has 0 atom stereocenters. The van der Waals surface area contributed by atoms with E-state index >= 15 is 0 Å². The second-order valence-corrected chi connectivity index (χ2v) is 6.25. The summed E-state index contributed by atoms with van der Waals surface area (Å²) in [4.78, 5) is 12.6. The van der Waals surface area contributed by atoms with Gasteiger partial charge in [0.05, 0.1) is 26.4 Å². The van der Waals surface area contributed by atoms with Crippen molar-refractivity contribution in [3.63, 3.8) is 0 Å². The quantitative estimate of drug-likeness (QED) is 0.376. The summed E-state index contributed by atoms with van der Waals surface area (Å²) in [5.74, 6) is -0.197. The maximum Gasteiger partial charge on any atom is 0.222 e. The number of Topliss-reactive ketones (excluding diaryl/α,β-unsaturated/α-hetero) is 1. The highest BCUT2D eigenvalue weighted by atomic mass is 16.7. The van der Waals surface area contributed by atoms with Crippen LogP contribution in [-0.2, 0) is 24.4 Å². The van der Waals surface area contributed by atoms with Crippen molar-refractivity contribution in [3.8, 4) is 0 Å². The third kappa shape index (κ3) is 6.79. The smallest absolute Gasteiger partial charge is 0.222 e. The van der Waals surface area contributed by atoms with Gasteiger partial charge < -0.3 is 18.9 Å². The first-order chi connectivity index (χ1) is 10.9. The van der Waals surface area contributed by atoms with E-state index < -0.39 is 6.29 Å². The number of carbonyl (C=O) groups excluding carboxylic acids is 1. The van der Waals surface area contributed by atoms with Crippen molar-refractivity contribution < 1.29 is 23.7 Å². The average molecular weight is 324 g/mol. The van der Waals surface area contributed by atoms with E-state index in [9.17, 15) is 4.79 Å². The van der Waals surface area contributed by atoms with Gasteiger partial charge in [0, 0.05) is 19.8 Å². The summed E-state index contributed by atoms with van der Waals surface area (Å²) in [6.07, 6.45) is -0.944. The Morgan fingerprint density at radius 1 is 0.913 bits per heavy atom. The van der Waals surface area contributed by atoms with Gasteiger partial charge in [0.25, 0.3) is 0 Å². The first-order valence-corrected chi connectivity index (χ1v) is 7.76. The molecule has 1 aromatic carbocycles. The van der Waals surface area contributed by atoms with Crippen LogP contribution in [0.2, 0.25) is 0 Å². The van der Waals surface area contributed by atoms with Crippen LogP contribution in [-0.4, -0.2) is 52.7 Å². The van der Waals surface area contributed by atoms with Gasteiger partial charge in [0.15, 0.2) is 0 Å². The molecule has 0 aliphatic heterocycles. The summed E-state index contributed by atoms with van der Waals surface area (Å²) in [5, 5.41) is 0. The van der Waals surface area contributed by atoms with Crippen LogP contribution >= 0.6 is 0 Å². The summed E-state index contributed by atoms with van der Waals surface area (Å²) in [7, 11) is 3.16. The zero-order chi connectivity index (χ0) is 17.3. The van der Waals surface area contributed by atoms with Crippen molar-refractivity contribution in [2.75, 3.05) is 40.6 Å². The SMILES string of the molecule is COCCOC(OCCOC)C(=O)c1ccc(C(C)(C)C)cc1. The minimum absolute atomic E-state index is 0.0465. The molecule has 0 heterocycles. The Labute approximate surface area is 138 Å². The molecule has 23 heavy (non-hydrogen) atoms. The highest BCUT2D eigenvalue weighted by molar-refractivity contribution is 5.98. The summed E-state index contributed by atoms with van der Waals surface area (Å²) >= 11 is 0. The maximum atomic E-state index is 12.6. The van der Waals surface area contributed by atoms with Gasteiger partial charge in [0.2, 0.25) is 12.1 Å². The largest absolute Gasteiger partial charge is 0.382 e. The molecule has 0 N–H and O–H groups in total. The van der Waals surface area contributed by atoms with Gasteiger partial charge in [-0.1, -0.05) is 45.0 Å². The molecule has 0 spiro atoms. The van der Waals surface area contributed by atoms with Crippen molar-refractivity contribution in [3.05, 3.63) is 35.4 Å². The zero-order valence-corrected chi connectivity index (χ0v) is 14.8. The van der Waals surface area contributed by atoms with E-state index in [2.05, 4.69) is 20.8 Å². The lowest BCUT2D eigenvalue weighted by Gasteiger charge is -2.20. The molecule has 0 saturated heterocycles. The van der Waals surface area contributed by atoms with Crippen molar-refractivity contribution in [2.45, 2.75) is 32.5 Å². The Morgan fingerprint density at radius 3 is 1.78 bits per heavy atom. The van der Waals surface area contributed by atoms with Gasteiger partial charge in [-0.3, -0.25) is 4.79 Å². The van der Waals surface area contributed by atoms with Gasteiger partial charge in [0.1, 0.15) is 0 Å². The van der Waals surface area contributed by atoms with Gasteiger partial charge in [-0.2, -0.15) is 0 Å². The number of rotatable bonds is 10. The second-order valence-electron chi connectivity index (χ2n) is 6.25. The van der Waals surface area contributed by atoms with E-state index in [0.29, 0.717) is 32.0 Å². The third-order valence-electron chi connectivity index (χ3n) is 3.36. The Morgan fingerprint density at radius 2 is 1.39 bits per heavy atom. The molecule has 0 radical (unpaired) electrons. The Balaban J connectivity index is 2.77. The van der Waals surface area contributed by atoms with E-state index in [0.717, 1.165) is 0 Å². The van der Waals surface area contributed by atoms with Crippen LogP contribution in [0.3, 0.4) is 0 Å². The van der Waals surface area contributed by atoms with Gasteiger partial charge in [-0.05, 0) is 11.0 Å². The number of ether oxygens (including phenoxy) is 4. The molecule has 0 aliphatic rings. The standard InChI is InChI=1S/C18H28O5/c1-18(2,3)15-8-6-14(7-9-15)16(19)17(22-12-10-20-4)23-13-11-21-5/h6-9,17H,10-13H2,1-5H3.